The molecule has 1 amide bonds. The third-order valence-corrected chi connectivity index (χ3v) is 3.36. The zero-order valence-corrected chi connectivity index (χ0v) is 11.5. The Labute approximate surface area is 120 Å². The maximum Gasteiger partial charge on any atom is 0.238 e. The molecule has 1 N–H and O–H groups in total. The molecule has 6 nitrogen and oxygen atoms in total. The van der Waals surface area contributed by atoms with Crippen LogP contribution in [0.15, 0.2) is 28.8 Å². The summed E-state index contributed by atoms with van der Waals surface area (Å²) >= 11 is 0. The molecule has 2 aromatic rings. The molecule has 0 unspecified atom stereocenters. The van der Waals surface area contributed by atoms with E-state index in [-0.39, 0.29) is 24.1 Å². The normalized spacial score (nSPS) is 15.7. The first kappa shape index (κ1) is 13.7. The molecule has 0 bridgehead atoms. The van der Waals surface area contributed by atoms with Crippen molar-refractivity contribution in [1.82, 2.24) is 15.0 Å². The summed E-state index contributed by atoms with van der Waals surface area (Å²) in [4.78, 5) is 18.0. The van der Waals surface area contributed by atoms with E-state index in [1.807, 2.05) is 4.90 Å². The van der Waals surface area contributed by atoms with Crippen molar-refractivity contribution >= 4 is 11.6 Å². The van der Waals surface area contributed by atoms with Crippen LogP contribution in [0.25, 0.3) is 0 Å². The number of nitrogens with zero attached hydrogens (tertiary/aromatic N) is 3. The van der Waals surface area contributed by atoms with Crippen LogP contribution >= 0.6 is 0 Å². The lowest BCUT2D eigenvalue weighted by molar-refractivity contribution is -0.118. The highest BCUT2D eigenvalue weighted by molar-refractivity contribution is 5.92. The van der Waals surface area contributed by atoms with Gasteiger partial charge in [0.05, 0.1) is 18.2 Å². The van der Waals surface area contributed by atoms with Crippen LogP contribution in [0, 0.1) is 12.7 Å². The van der Waals surface area contributed by atoms with Crippen LogP contribution in [0.2, 0.25) is 0 Å². The Morgan fingerprint density at radius 1 is 1.48 bits per heavy atom. The smallest absolute Gasteiger partial charge is 0.238 e. The molecule has 7 heteroatoms. The number of hydrogen-bond acceptors (Lipinski definition) is 5. The van der Waals surface area contributed by atoms with E-state index in [2.05, 4.69) is 15.5 Å². The topological polar surface area (TPSA) is 71.3 Å². The van der Waals surface area contributed by atoms with Gasteiger partial charge in [0.1, 0.15) is 5.82 Å². The quantitative estimate of drug-likeness (QED) is 0.925. The number of para-hydroxylation sites is 1. The number of nitrogens with one attached hydrogen (secondary N) is 1. The lowest BCUT2D eigenvalue weighted by Gasteiger charge is -2.36. The van der Waals surface area contributed by atoms with Crippen molar-refractivity contribution in [3.63, 3.8) is 0 Å². The molecule has 1 fully saturated rings. The van der Waals surface area contributed by atoms with Crippen LogP contribution in [0.5, 0.6) is 0 Å². The van der Waals surface area contributed by atoms with Gasteiger partial charge >= 0.3 is 0 Å². The maximum absolute atomic E-state index is 13.4. The Hall–Kier alpha value is -2.28. The van der Waals surface area contributed by atoms with Crippen molar-refractivity contribution in [2.75, 3.05) is 25.0 Å². The van der Waals surface area contributed by atoms with E-state index in [1.54, 1.807) is 19.1 Å². The number of benzene rings is 1. The van der Waals surface area contributed by atoms with E-state index in [0.29, 0.717) is 24.8 Å². The number of carbonyl (C=O) groups is 1. The molecule has 21 heavy (non-hydrogen) atoms. The van der Waals surface area contributed by atoms with Crippen LogP contribution in [0.1, 0.15) is 17.6 Å². The van der Waals surface area contributed by atoms with Gasteiger partial charge in [0.15, 0.2) is 5.82 Å². The van der Waals surface area contributed by atoms with Gasteiger partial charge in [-0.15, -0.1) is 0 Å². The Bertz CT molecular complexity index is 652. The molecule has 0 atom stereocenters. The largest absolute Gasteiger partial charge is 0.339 e. The van der Waals surface area contributed by atoms with Gasteiger partial charge in [-0.05, 0) is 19.1 Å². The van der Waals surface area contributed by atoms with E-state index < -0.39 is 5.82 Å². The minimum absolute atomic E-state index is 0.174. The molecule has 0 saturated carbocycles. The minimum atomic E-state index is -0.436. The molecule has 1 aliphatic rings. The van der Waals surface area contributed by atoms with Crippen molar-refractivity contribution < 1.29 is 13.7 Å². The molecular formula is C14H15FN4O2. The number of amides is 1. The summed E-state index contributed by atoms with van der Waals surface area (Å²) in [6.45, 7) is 3.36. The molecule has 3 rings (SSSR count). The van der Waals surface area contributed by atoms with Gasteiger partial charge < -0.3 is 9.84 Å². The number of rotatable bonds is 4. The molecule has 0 radical (unpaired) electrons. The molecule has 1 aromatic carbocycles. The summed E-state index contributed by atoms with van der Waals surface area (Å²) in [7, 11) is 0. The minimum Gasteiger partial charge on any atom is -0.339 e. The highest BCUT2D eigenvalue weighted by atomic mass is 19.1. The molecule has 1 saturated heterocycles. The molecule has 1 aromatic heterocycles. The van der Waals surface area contributed by atoms with Gasteiger partial charge in [0, 0.05) is 13.1 Å². The van der Waals surface area contributed by atoms with Crippen molar-refractivity contribution in [3.8, 4) is 0 Å². The average Bonchev–Trinajstić information content (AvgIpc) is 2.82. The lowest BCUT2D eigenvalue weighted by atomic mass is 10.0. The number of anilines is 1. The number of hydrogen-bond donors (Lipinski definition) is 1. The molecule has 0 spiro atoms. The zero-order valence-electron chi connectivity index (χ0n) is 11.5. The predicted molar refractivity (Wildman–Crippen MR) is 73.2 cm³/mol. The van der Waals surface area contributed by atoms with E-state index in [4.69, 9.17) is 4.52 Å². The highest BCUT2D eigenvalue weighted by Crippen LogP contribution is 2.25. The molecule has 2 heterocycles. The molecule has 110 valence electrons. The summed E-state index contributed by atoms with van der Waals surface area (Å²) in [5.41, 5.74) is 0.201. The van der Waals surface area contributed by atoms with Crippen LogP contribution in [0.3, 0.4) is 0 Å². The van der Waals surface area contributed by atoms with E-state index >= 15 is 0 Å². The van der Waals surface area contributed by atoms with Crippen molar-refractivity contribution in [2.24, 2.45) is 0 Å². The number of aromatic nitrogens is 2. The molecular weight excluding hydrogens is 275 g/mol. The van der Waals surface area contributed by atoms with Gasteiger partial charge in [0.25, 0.3) is 0 Å². The monoisotopic (exact) mass is 290 g/mol. The van der Waals surface area contributed by atoms with Crippen molar-refractivity contribution in [1.29, 1.82) is 0 Å². The lowest BCUT2D eigenvalue weighted by Crippen LogP contribution is -2.48. The van der Waals surface area contributed by atoms with Crippen LogP contribution in [-0.4, -0.2) is 40.6 Å². The van der Waals surface area contributed by atoms with Gasteiger partial charge in [-0.2, -0.15) is 4.98 Å². The Morgan fingerprint density at radius 3 is 2.90 bits per heavy atom. The second kappa shape index (κ2) is 5.61. The summed E-state index contributed by atoms with van der Waals surface area (Å²) in [5.74, 6) is 0.723. The van der Waals surface area contributed by atoms with Gasteiger partial charge in [0.2, 0.25) is 11.8 Å². The second-order valence-corrected chi connectivity index (χ2v) is 5.10. The SMILES string of the molecule is Cc1noc(C2CN(CC(=O)Nc3ccccc3F)C2)n1. The van der Waals surface area contributed by atoms with Crippen LogP contribution < -0.4 is 5.32 Å². The van der Waals surface area contributed by atoms with Gasteiger partial charge in [-0.25, -0.2) is 4.39 Å². The number of halogens is 1. The molecule has 1 aliphatic heterocycles. The number of likely N-dealkylation sites (tertiary alicyclic amines) is 1. The second-order valence-electron chi connectivity index (χ2n) is 5.10. The van der Waals surface area contributed by atoms with E-state index in [0.717, 1.165) is 0 Å². The summed E-state index contributed by atoms with van der Waals surface area (Å²) in [6, 6.07) is 6.11. The third-order valence-electron chi connectivity index (χ3n) is 3.36. The summed E-state index contributed by atoms with van der Waals surface area (Å²) in [5, 5.41) is 6.31. The van der Waals surface area contributed by atoms with E-state index in [1.165, 1.54) is 12.1 Å². The predicted octanol–water partition coefficient (Wildman–Crippen LogP) is 1.56. The maximum atomic E-state index is 13.4. The van der Waals surface area contributed by atoms with Crippen molar-refractivity contribution in [2.45, 2.75) is 12.8 Å². The first-order valence-electron chi connectivity index (χ1n) is 6.69. The Morgan fingerprint density at radius 2 is 2.24 bits per heavy atom. The first-order valence-corrected chi connectivity index (χ1v) is 6.69. The standard InChI is InChI=1S/C14H15FN4O2/c1-9-16-14(21-18-9)10-6-19(7-10)8-13(20)17-12-5-3-2-4-11(12)15/h2-5,10H,6-8H2,1H3,(H,17,20). The van der Waals surface area contributed by atoms with E-state index in [9.17, 15) is 9.18 Å². The fraction of sp³-hybridized carbons (Fsp3) is 0.357. The highest BCUT2D eigenvalue weighted by Gasteiger charge is 2.33. The fourth-order valence-electron chi connectivity index (χ4n) is 2.29. The average molecular weight is 290 g/mol. The number of aryl methyl sites for hydroxylation is 1. The van der Waals surface area contributed by atoms with Crippen molar-refractivity contribution in [3.05, 3.63) is 41.8 Å². The third kappa shape index (κ3) is 3.08. The van der Waals surface area contributed by atoms with Gasteiger partial charge in [-0.3, -0.25) is 9.69 Å². The Kier molecular flexibility index (Phi) is 3.66. The first-order chi connectivity index (χ1) is 10.1. The van der Waals surface area contributed by atoms with Crippen LogP contribution in [-0.2, 0) is 4.79 Å². The van der Waals surface area contributed by atoms with Gasteiger partial charge in [-0.1, -0.05) is 17.3 Å². The molecule has 0 aliphatic carbocycles. The number of carbonyl (C=O) groups excluding carboxylic acids is 1. The summed E-state index contributed by atoms with van der Waals surface area (Å²) in [6.07, 6.45) is 0. The zero-order chi connectivity index (χ0) is 14.8. The fourth-order valence-corrected chi connectivity index (χ4v) is 2.29. The van der Waals surface area contributed by atoms with Crippen LogP contribution in [0.4, 0.5) is 10.1 Å². The summed E-state index contributed by atoms with van der Waals surface area (Å²) < 4.78 is 18.5. The Balaban J connectivity index is 1.48.